The standard InChI is InChI=1S/C43H35N2O.C14H17GeN2.Ir/c1-27(2)36-24-32(30-16-9-6-10-17-30)25-37(28(3)4)41(36)45-39-21-12-11-20-38(39)44-43(45)35-19-13-18-34-33-23-22-31(26-40(33)46-42(34)35)29-14-7-5-8-15-29;1-11-5-6-12(9-16-11)14-8-7-13(10-17-14)15(2,3)4;/h5-18,20-28H,1-4H3;5-8,10H,1-4H3;/q2*-1;/i;1D3;. The molecule has 0 N–H and O–H groups in total. The van der Waals surface area contributed by atoms with Gasteiger partial charge in [0.1, 0.15) is 5.58 Å². The second kappa shape index (κ2) is 18.7. The smallest absolute Gasteiger partial charge is 0 e. The largest absolute Gasteiger partial charge is 0 e. The third-order valence-corrected chi connectivity index (χ3v) is 15.9. The van der Waals surface area contributed by atoms with Gasteiger partial charge >= 0.3 is 109 Å². The number of fused-ring (bicyclic) bond motifs is 4. The minimum absolute atomic E-state index is 0. The molecule has 64 heavy (non-hydrogen) atoms. The van der Waals surface area contributed by atoms with Crippen LogP contribution in [0.2, 0.25) is 17.3 Å². The molecular weight excluding hydrogens is 1020 g/mol. The number of para-hydroxylation sites is 2. The summed E-state index contributed by atoms with van der Waals surface area (Å²) in [6.45, 7) is 6.95. The number of furan rings is 1. The van der Waals surface area contributed by atoms with Crippen LogP contribution in [0.3, 0.4) is 0 Å². The molecule has 321 valence electrons. The molecule has 10 rings (SSSR count). The van der Waals surface area contributed by atoms with Crippen molar-refractivity contribution in [2.45, 2.75) is 63.7 Å². The molecule has 7 heteroatoms. The first kappa shape index (κ1) is 40.8. The minimum Gasteiger partial charge on any atom is 0 e. The number of imidazole rings is 1. The molecule has 0 unspecified atom stereocenters. The zero-order chi connectivity index (χ0) is 46.3. The van der Waals surface area contributed by atoms with Crippen LogP contribution < -0.4 is 4.40 Å². The first-order valence-electron chi connectivity index (χ1n) is 23.2. The van der Waals surface area contributed by atoms with E-state index < -0.39 is 20.1 Å². The number of aryl methyl sites for hydroxylation is 1. The summed E-state index contributed by atoms with van der Waals surface area (Å²) in [7, 11) is 0. The van der Waals surface area contributed by atoms with Crippen LogP contribution in [-0.4, -0.2) is 32.8 Å². The number of hydrogen-bond acceptors (Lipinski definition) is 4. The zero-order valence-electron chi connectivity index (χ0n) is 40.2. The monoisotopic (exact) mass is 1080 g/mol. The number of pyridine rings is 2. The third-order valence-electron chi connectivity index (χ3n) is 11.7. The van der Waals surface area contributed by atoms with Crippen molar-refractivity contribution < 1.29 is 28.6 Å². The maximum atomic E-state index is 7.29. The van der Waals surface area contributed by atoms with E-state index in [2.05, 4.69) is 193 Å². The molecule has 0 aliphatic heterocycles. The normalized spacial score (nSPS) is 12.5. The number of benzene rings is 6. The van der Waals surface area contributed by atoms with Crippen molar-refractivity contribution in [2.75, 3.05) is 0 Å². The average molecular weight is 1080 g/mol. The van der Waals surface area contributed by atoms with Crippen molar-refractivity contribution in [3.63, 3.8) is 0 Å². The number of rotatable bonds is 8. The first-order valence-corrected chi connectivity index (χ1v) is 29.0. The Morgan fingerprint density at radius 1 is 0.672 bits per heavy atom. The Kier molecular flexibility index (Phi) is 11.9. The maximum Gasteiger partial charge on any atom is 0 e. The predicted octanol–water partition coefficient (Wildman–Crippen LogP) is 14.8. The van der Waals surface area contributed by atoms with Crippen molar-refractivity contribution in [2.24, 2.45) is 0 Å². The van der Waals surface area contributed by atoms with Crippen LogP contribution in [0.15, 0.2) is 162 Å². The third kappa shape index (κ3) is 8.92. The van der Waals surface area contributed by atoms with Crippen LogP contribution in [0.4, 0.5) is 0 Å². The van der Waals surface area contributed by atoms with Gasteiger partial charge in [-0.25, -0.2) is 0 Å². The Balaban J connectivity index is 0.000000244. The van der Waals surface area contributed by atoms with Gasteiger partial charge in [0.15, 0.2) is 0 Å². The molecule has 0 spiro atoms. The number of nitrogens with zero attached hydrogens (tertiary/aromatic N) is 4. The molecule has 0 atom stereocenters. The van der Waals surface area contributed by atoms with Gasteiger partial charge in [-0.3, -0.25) is 4.98 Å². The molecule has 0 aliphatic rings. The van der Waals surface area contributed by atoms with Gasteiger partial charge in [-0.15, -0.1) is 18.2 Å². The number of aromatic nitrogens is 4. The average Bonchev–Trinajstić information content (AvgIpc) is 3.90. The van der Waals surface area contributed by atoms with E-state index in [4.69, 9.17) is 13.5 Å². The van der Waals surface area contributed by atoms with Crippen molar-refractivity contribution in [1.29, 1.82) is 0 Å². The van der Waals surface area contributed by atoms with Gasteiger partial charge < -0.3 is 8.98 Å². The van der Waals surface area contributed by atoms with Gasteiger partial charge in [0.05, 0.1) is 22.4 Å². The Bertz CT molecular complexity index is 3240. The zero-order valence-corrected chi connectivity index (χ0v) is 41.7. The second-order valence-corrected chi connectivity index (χ2v) is 28.4. The van der Waals surface area contributed by atoms with Crippen LogP contribution in [0, 0.1) is 19.1 Å². The van der Waals surface area contributed by atoms with Crippen molar-refractivity contribution in [3.05, 3.63) is 187 Å². The van der Waals surface area contributed by atoms with Crippen molar-refractivity contribution in [1.82, 2.24) is 19.5 Å². The van der Waals surface area contributed by atoms with E-state index in [9.17, 15) is 0 Å². The van der Waals surface area contributed by atoms with Crippen LogP contribution in [0.5, 0.6) is 0 Å². The molecule has 0 bridgehead atoms. The Morgan fingerprint density at radius 2 is 1.34 bits per heavy atom. The molecular formula is C57H52GeIrN4O-2. The van der Waals surface area contributed by atoms with Crippen LogP contribution in [0.1, 0.15) is 60.5 Å². The van der Waals surface area contributed by atoms with Gasteiger partial charge in [0, 0.05) is 31.2 Å². The van der Waals surface area contributed by atoms with Gasteiger partial charge in [0.25, 0.3) is 0 Å². The van der Waals surface area contributed by atoms with E-state index in [0.717, 1.165) is 55.6 Å². The minimum atomic E-state index is -2.19. The molecule has 0 saturated heterocycles. The van der Waals surface area contributed by atoms with Crippen molar-refractivity contribution in [3.8, 4) is 50.6 Å². The van der Waals surface area contributed by atoms with E-state index in [1.807, 2.05) is 24.4 Å². The fourth-order valence-electron chi connectivity index (χ4n) is 8.25. The van der Waals surface area contributed by atoms with Gasteiger partial charge in [-0.1, -0.05) is 124 Å². The Hall–Kier alpha value is -5.92. The molecule has 6 aromatic carbocycles. The van der Waals surface area contributed by atoms with E-state index in [0.29, 0.717) is 5.56 Å². The topological polar surface area (TPSA) is 56.7 Å². The maximum absolute atomic E-state index is 7.29. The fraction of sp³-hybridized carbons (Fsp3) is 0.175. The molecule has 4 aromatic heterocycles. The Labute approximate surface area is 397 Å². The summed E-state index contributed by atoms with van der Waals surface area (Å²) < 4.78 is 32.3. The van der Waals surface area contributed by atoms with Crippen LogP contribution in [-0.2, 0) is 20.1 Å². The van der Waals surface area contributed by atoms with Gasteiger partial charge in [0.2, 0.25) is 0 Å². The van der Waals surface area contributed by atoms with Crippen molar-refractivity contribution >= 4 is 50.6 Å². The second-order valence-electron chi connectivity index (χ2n) is 17.8. The molecule has 0 aliphatic carbocycles. The molecule has 5 nitrogen and oxygen atoms in total. The van der Waals surface area contributed by atoms with E-state index in [1.54, 1.807) is 6.07 Å². The molecule has 0 amide bonds. The summed E-state index contributed by atoms with van der Waals surface area (Å²) in [6, 6.07) is 55.8. The summed E-state index contributed by atoms with van der Waals surface area (Å²) in [4.78, 5) is 13.6. The summed E-state index contributed by atoms with van der Waals surface area (Å²) in [5.41, 5.74) is 14.6. The molecule has 10 aromatic rings. The summed E-state index contributed by atoms with van der Waals surface area (Å²) in [5, 5.41) is 2.15. The molecule has 4 heterocycles. The Morgan fingerprint density at radius 3 is 1.95 bits per heavy atom. The van der Waals surface area contributed by atoms with Crippen LogP contribution in [0.25, 0.3) is 83.6 Å². The first-order chi connectivity index (χ1) is 31.7. The van der Waals surface area contributed by atoms with E-state index >= 15 is 0 Å². The van der Waals surface area contributed by atoms with Crippen LogP contribution >= 0.6 is 0 Å². The molecule has 1 radical (unpaired) electrons. The number of hydrogen-bond donors (Lipinski definition) is 0. The predicted molar refractivity (Wildman–Crippen MR) is 266 cm³/mol. The summed E-state index contributed by atoms with van der Waals surface area (Å²) in [5.74, 6) is 8.35. The quantitative estimate of drug-likeness (QED) is 0.112. The molecule has 0 fully saturated rings. The van der Waals surface area contributed by atoms with E-state index in [-0.39, 0.29) is 37.6 Å². The fourth-order valence-corrected chi connectivity index (χ4v) is 10.4. The summed E-state index contributed by atoms with van der Waals surface area (Å²) >= 11 is -1.85. The molecule has 0 saturated carbocycles. The van der Waals surface area contributed by atoms with E-state index in [1.165, 1.54) is 44.0 Å². The van der Waals surface area contributed by atoms with Gasteiger partial charge in [-0.05, 0) is 75.5 Å². The SMILES string of the molecule is CC(C)c1cc(-c2ccccc2)cc(C(C)C)c1-n1c(-c2[c-]ccc3c2oc2cc(-c4ccccc4)ccc23)nc2ccccc21.[2H]C([2H])([2H])c1ccc(-c2cc[c]([Ge]([CH3])([CH3])[CH3])cn2)[c-]n1.[Ir]. The summed E-state index contributed by atoms with van der Waals surface area (Å²) in [6.07, 6.45) is 4.68. The van der Waals surface area contributed by atoms with Gasteiger partial charge in [-0.2, -0.15) is 0 Å².